The summed E-state index contributed by atoms with van der Waals surface area (Å²) in [5, 5.41) is 19.6. The van der Waals surface area contributed by atoms with Crippen LogP contribution in [0.3, 0.4) is 0 Å². The zero-order valence-electron chi connectivity index (χ0n) is 19.6. The maximum Gasteiger partial charge on any atom is 0.328 e. The van der Waals surface area contributed by atoms with Gasteiger partial charge in [0.05, 0.1) is 18.8 Å². The number of carbonyl (C=O) groups is 1. The molecule has 0 amide bonds. The van der Waals surface area contributed by atoms with E-state index >= 15 is 0 Å². The largest absolute Gasteiger partial charge is 0.478 e. The molecule has 2 N–H and O–H groups in total. The van der Waals surface area contributed by atoms with Gasteiger partial charge in [-0.2, -0.15) is 0 Å². The third kappa shape index (κ3) is 7.22. The van der Waals surface area contributed by atoms with Gasteiger partial charge in [0.1, 0.15) is 5.82 Å². The number of likely N-dealkylation sites (tertiary alicyclic amines) is 1. The van der Waals surface area contributed by atoms with E-state index in [0.29, 0.717) is 12.1 Å². The zero-order valence-corrected chi connectivity index (χ0v) is 19.6. The summed E-state index contributed by atoms with van der Waals surface area (Å²) in [6.07, 6.45) is 4.61. The van der Waals surface area contributed by atoms with Gasteiger partial charge in [0.25, 0.3) is 0 Å². The Morgan fingerprint density at radius 1 is 1.27 bits per heavy atom. The molecule has 0 aromatic heterocycles. The van der Waals surface area contributed by atoms with Crippen molar-refractivity contribution in [2.45, 2.75) is 58.3 Å². The fraction of sp³-hybridized carbons (Fsp3) is 0.444. The van der Waals surface area contributed by atoms with Gasteiger partial charge < -0.3 is 14.9 Å². The van der Waals surface area contributed by atoms with Gasteiger partial charge >= 0.3 is 5.97 Å². The minimum Gasteiger partial charge on any atom is -0.478 e. The van der Waals surface area contributed by atoms with Gasteiger partial charge in [0, 0.05) is 18.7 Å². The highest BCUT2D eigenvalue weighted by atomic mass is 19.1. The number of carboxylic acid groups (broad SMARTS) is 1. The molecule has 178 valence electrons. The number of hydrogen-bond donors (Lipinski definition) is 2. The van der Waals surface area contributed by atoms with Crippen LogP contribution in [0.2, 0.25) is 0 Å². The van der Waals surface area contributed by atoms with E-state index in [-0.39, 0.29) is 24.6 Å². The van der Waals surface area contributed by atoms with Crippen LogP contribution in [0.4, 0.5) is 4.39 Å². The molecule has 1 aliphatic heterocycles. The highest BCUT2D eigenvalue weighted by Crippen LogP contribution is 2.25. The third-order valence-electron chi connectivity index (χ3n) is 6.28. The summed E-state index contributed by atoms with van der Waals surface area (Å²) in [6, 6.07) is 11.5. The lowest BCUT2D eigenvalue weighted by Gasteiger charge is -2.27. The second-order valence-electron chi connectivity index (χ2n) is 9.01. The van der Waals surface area contributed by atoms with Crippen LogP contribution >= 0.6 is 0 Å². The van der Waals surface area contributed by atoms with Crippen molar-refractivity contribution in [3.63, 3.8) is 0 Å². The SMILES string of the molecule is Cc1ccc([C@@H](C)OC[C@@H](O)CN2CCC[C@H]2Cc2ccc(C)c(F)c2)c(/C=C/C(=O)O)c1. The molecule has 1 fully saturated rings. The monoisotopic (exact) mass is 455 g/mol. The third-order valence-corrected chi connectivity index (χ3v) is 6.28. The highest BCUT2D eigenvalue weighted by molar-refractivity contribution is 5.85. The molecular weight excluding hydrogens is 421 g/mol. The van der Waals surface area contributed by atoms with Crippen molar-refractivity contribution in [2.75, 3.05) is 19.7 Å². The van der Waals surface area contributed by atoms with Crippen LogP contribution in [0, 0.1) is 19.7 Å². The Hall–Kier alpha value is -2.54. The first-order valence-electron chi connectivity index (χ1n) is 11.5. The van der Waals surface area contributed by atoms with E-state index in [0.717, 1.165) is 54.1 Å². The topological polar surface area (TPSA) is 70.0 Å². The summed E-state index contributed by atoms with van der Waals surface area (Å²) >= 11 is 0. The summed E-state index contributed by atoms with van der Waals surface area (Å²) < 4.78 is 19.9. The molecule has 0 spiro atoms. The quantitative estimate of drug-likeness (QED) is 0.509. The van der Waals surface area contributed by atoms with E-state index in [4.69, 9.17) is 9.84 Å². The highest BCUT2D eigenvalue weighted by Gasteiger charge is 2.27. The fourth-order valence-electron chi connectivity index (χ4n) is 4.44. The first-order valence-corrected chi connectivity index (χ1v) is 11.5. The van der Waals surface area contributed by atoms with Crippen LogP contribution in [0.25, 0.3) is 6.08 Å². The van der Waals surface area contributed by atoms with Crippen molar-refractivity contribution < 1.29 is 24.1 Å². The molecule has 5 nitrogen and oxygen atoms in total. The normalized spacial score (nSPS) is 18.6. The van der Waals surface area contributed by atoms with Crippen LogP contribution in [0.1, 0.15) is 53.7 Å². The Morgan fingerprint density at radius 3 is 2.79 bits per heavy atom. The Bertz CT molecular complexity index is 990. The van der Waals surface area contributed by atoms with Crippen LogP contribution in [0.5, 0.6) is 0 Å². The van der Waals surface area contributed by atoms with Gasteiger partial charge in [-0.1, -0.05) is 35.9 Å². The lowest BCUT2D eigenvalue weighted by molar-refractivity contribution is -0.131. The van der Waals surface area contributed by atoms with Crippen molar-refractivity contribution in [3.05, 3.63) is 76.1 Å². The van der Waals surface area contributed by atoms with Crippen molar-refractivity contribution in [1.82, 2.24) is 4.90 Å². The summed E-state index contributed by atoms with van der Waals surface area (Å²) in [5.74, 6) is -1.17. The van der Waals surface area contributed by atoms with Crippen molar-refractivity contribution >= 4 is 12.0 Å². The minimum atomic E-state index is -1.00. The van der Waals surface area contributed by atoms with E-state index in [1.54, 1.807) is 19.1 Å². The Morgan fingerprint density at radius 2 is 2.06 bits per heavy atom. The summed E-state index contributed by atoms with van der Waals surface area (Å²) in [6.45, 7) is 7.22. The molecule has 0 bridgehead atoms. The predicted molar refractivity (Wildman–Crippen MR) is 128 cm³/mol. The number of aliphatic carboxylic acids is 1. The Labute approximate surface area is 195 Å². The smallest absolute Gasteiger partial charge is 0.328 e. The average molecular weight is 456 g/mol. The molecule has 1 saturated heterocycles. The van der Waals surface area contributed by atoms with E-state index < -0.39 is 12.1 Å². The number of β-amino-alcohol motifs (C(OH)–C–C–N with tert-alkyl or cyclic N) is 1. The summed E-state index contributed by atoms with van der Waals surface area (Å²) in [4.78, 5) is 13.2. The van der Waals surface area contributed by atoms with Crippen LogP contribution in [-0.4, -0.2) is 52.9 Å². The van der Waals surface area contributed by atoms with Crippen molar-refractivity contribution in [3.8, 4) is 0 Å². The molecule has 3 rings (SSSR count). The molecule has 1 heterocycles. The minimum absolute atomic E-state index is 0.173. The number of hydrogen-bond acceptors (Lipinski definition) is 4. The molecule has 0 radical (unpaired) electrons. The standard InChI is InChI=1S/C27H34FNO4/c1-18-6-10-25(22(13-18)9-11-27(31)32)20(3)33-17-24(30)16-29-12-4-5-23(29)14-21-8-7-19(2)26(28)15-21/h6-11,13,15,20,23-24,30H,4-5,12,14,16-17H2,1-3H3,(H,31,32)/b11-9+/t20-,23+,24+/m1/s1. The molecule has 0 saturated carbocycles. The predicted octanol–water partition coefficient (Wildman–Crippen LogP) is 4.69. The lowest BCUT2D eigenvalue weighted by atomic mass is 10.00. The number of halogens is 1. The van der Waals surface area contributed by atoms with Gasteiger partial charge in [-0.05, 0) is 81.0 Å². The van der Waals surface area contributed by atoms with E-state index in [1.807, 2.05) is 44.2 Å². The number of nitrogens with zero attached hydrogens (tertiary/aromatic N) is 1. The van der Waals surface area contributed by atoms with E-state index in [9.17, 15) is 14.3 Å². The molecular formula is C27H34FNO4. The first kappa shape index (κ1) is 25.1. The average Bonchev–Trinajstić information content (AvgIpc) is 3.19. The Kier molecular flexibility index (Phi) is 8.78. The molecule has 2 aromatic carbocycles. The summed E-state index contributed by atoms with van der Waals surface area (Å²) in [5.41, 5.74) is 4.34. The van der Waals surface area contributed by atoms with Crippen LogP contribution < -0.4 is 0 Å². The van der Waals surface area contributed by atoms with Gasteiger partial charge in [-0.15, -0.1) is 0 Å². The number of benzene rings is 2. The number of aliphatic hydroxyl groups is 1. The lowest BCUT2D eigenvalue weighted by Crippen LogP contribution is -2.39. The van der Waals surface area contributed by atoms with Gasteiger partial charge in [-0.3, -0.25) is 4.90 Å². The van der Waals surface area contributed by atoms with Gasteiger partial charge in [-0.25, -0.2) is 9.18 Å². The number of aliphatic hydroxyl groups excluding tert-OH is 1. The summed E-state index contributed by atoms with van der Waals surface area (Å²) in [7, 11) is 0. The van der Waals surface area contributed by atoms with Gasteiger partial charge in [0.2, 0.25) is 0 Å². The number of aryl methyl sites for hydroxylation is 2. The molecule has 2 aromatic rings. The second-order valence-corrected chi connectivity index (χ2v) is 9.01. The van der Waals surface area contributed by atoms with Crippen LogP contribution in [0.15, 0.2) is 42.5 Å². The molecule has 3 atom stereocenters. The van der Waals surface area contributed by atoms with Crippen molar-refractivity contribution in [1.29, 1.82) is 0 Å². The number of carboxylic acids is 1. The Balaban J connectivity index is 1.55. The zero-order chi connectivity index (χ0) is 24.0. The maximum absolute atomic E-state index is 13.9. The number of rotatable bonds is 10. The number of ether oxygens (including phenoxy) is 1. The molecule has 6 heteroatoms. The van der Waals surface area contributed by atoms with Crippen molar-refractivity contribution in [2.24, 2.45) is 0 Å². The molecule has 0 unspecified atom stereocenters. The maximum atomic E-state index is 13.9. The first-order chi connectivity index (χ1) is 15.7. The molecule has 33 heavy (non-hydrogen) atoms. The molecule has 0 aliphatic carbocycles. The molecule has 1 aliphatic rings. The van der Waals surface area contributed by atoms with Crippen LogP contribution in [-0.2, 0) is 16.0 Å². The van der Waals surface area contributed by atoms with E-state index in [1.165, 1.54) is 0 Å². The van der Waals surface area contributed by atoms with Gasteiger partial charge in [0.15, 0.2) is 0 Å². The fourth-order valence-corrected chi connectivity index (χ4v) is 4.44. The van der Waals surface area contributed by atoms with E-state index in [2.05, 4.69) is 4.90 Å². The second kappa shape index (κ2) is 11.5.